The van der Waals surface area contributed by atoms with Gasteiger partial charge in [-0.1, -0.05) is 0 Å². The van der Waals surface area contributed by atoms with E-state index in [2.05, 4.69) is 15.5 Å². The molecule has 1 aromatic heterocycles. The van der Waals surface area contributed by atoms with Crippen molar-refractivity contribution < 1.29 is 14.3 Å². The number of piperidine rings is 1. The normalized spacial score (nSPS) is 27.4. The second kappa shape index (κ2) is 7.23. The van der Waals surface area contributed by atoms with Gasteiger partial charge in [-0.05, 0) is 31.9 Å². The smallest absolute Gasteiger partial charge is 0.248 e. The maximum Gasteiger partial charge on any atom is 0.248 e. The summed E-state index contributed by atoms with van der Waals surface area (Å²) in [5.41, 5.74) is 0.878. The first-order valence-electron chi connectivity index (χ1n) is 8.12. The third kappa shape index (κ3) is 3.79. The van der Waals surface area contributed by atoms with Gasteiger partial charge in [0.1, 0.15) is 12.4 Å². The topological polar surface area (TPSA) is 76.6 Å². The van der Waals surface area contributed by atoms with Gasteiger partial charge in [0, 0.05) is 32.7 Å². The minimum atomic E-state index is 0.0202. The van der Waals surface area contributed by atoms with E-state index in [0.717, 1.165) is 37.5 Å². The minimum Gasteiger partial charge on any atom is -0.376 e. The predicted molar refractivity (Wildman–Crippen MR) is 85.1 cm³/mol. The Kier molecular flexibility index (Phi) is 5.07. The van der Waals surface area contributed by atoms with Gasteiger partial charge in [-0.2, -0.15) is 5.10 Å². The number of nitrogens with zero attached hydrogens (tertiary/aromatic N) is 3. The molecule has 2 aliphatic heterocycles. The molecule has 1 aromatic rings. The number of hydrogen-bond donors (Lipinski definition) is 1. The molecule has 0 bridgehead atoms. The minimum absolute atomic E-state index is 0.0202. The second-order valence-electron chi connectivity index (χ2n) is 6.28. The Balaban J connectivity index is 1.74. The number of anilines is 1. The number of hydrogen-bond acceptors (Lipinski definition) is 6. The number of amides is 1. The summed E-state index contributed by atoms with van der Waals surface area (Å²) in [6.45, 7) is 4.15. The quantitative estimate of drug-likeness (QED) is 0.886. The number of carbonyl (C=O) groups is 1. The lowest BCUT2D eigenvalue weighted by molar-refractivity contribution is -0.143. The molecule has 1 N–H and O–H groups in total. The lowest BCUT2D eigenvalue weighted by Gasteiger charge is -2.46. The van der Waals surface area contributed by atoms with Crippen LogP contribution in [0.25, 0.3) is 0 Å². The molecule has 2 aliphatic rings. The van der Waals surface area contributed by atoms with Crippen molar-refractivity contribution in [3.8, 4) is 0 Å². The van der Waals surface area contributed by atoms with Crippen LogP contribution in [-0.2, 0) is 14.3 Å². The van der Waals surface area contributed by atoms with Gasteiger partial charge in [0.2, 0.25) is 5.91 Å². The number of fused-ring (bicyclic) bond motifs is 1. The summed E-state index contributed by atoms with van der Waals surface area (Å²) in [6, 6.07) is 3.85. The first kappa shape index (κ1) is 16.1. The van der Waals surface area contributed by atoms with Crippen LogP contribution in [0, 0.1) is 12.8 Å². The van der Waals surface area contributed by atoms with Gasteiger partial charge in [0.15, 0.2) is 0 Å². The molecule has 2 fully saturated rings. The van der Waals surface area contributed by atoms with Crippen LogP contribution in [0.4, 0.5) is 5.82 Å². The summed E-state index contributed by atoms with van der Waals surface area (Å²) in [7, 11) is 1.55. The molecule has 7 nitrogen and oxygen atoms in total. The zero-order chi connectivity index (χ0) is 16.2. The van der Waals surface area contributed by atoms with Crippen molar-refractivity contribution >= 4 is 11.7 Å². The Bertz CT molecular complexity index is 537. The van der Waals surface area contributed by atoms with Crippen molar-refractivity contribution in [3.05, 3.63) is 17.8 Å². The van der Waals surface area contributed by atoms with E-state index in [0.29, 0.717) is 12.5 Å². The molecule has 0 aromatic carbocycles. The summed E-state index contributed by atoms with van der Waals surface area (Å²) < 4.78 is 11.0. The van der Waals surface area contributed by atoms with Crippen LogP contribution in [0.15, 0.2) is 12.1 Å². The zero-order valence-corrected chi connectivity index (χ0v) is 13.7. The molecular formula is C16H24N4O3. The van der Waals surface area contributed by atoms with Crippen LogP contribution < -0.4 is 5.32 Å². The van der Waals surface area contributed by atoms with E-state index in [1.54, 1.807) is 7.11 Å². The van der Waals surface area contributed by atoms with Gasteiger partial charge >= 0.3 is 0 Å². The maximum absolute atomic E-state index is 12.2. The number of nitrogens with one attached hydrogen (secondary N) is 1. The monoisotopic (exact) mass is 320 g/mol. The first-order valence-corrected chi connectivity index (χ1v) is 8.12. The summed E-state index contributed by atoms with van der Waals surface area (Å²) >= 11 is 0. The summed E-state index contributed by atoms with van der Waals surface area (Å²) in [4.78, 5) is 14.1. The molecule has 3 atom stereocenters. The average Bonchev–Trinajstić information content (AvgIpc) is 2.57. The zero-order valence-electron chi connectivity index (χ0n) is 13.7. The van der Waals surface area contributed by atoms with Crippen LogP contribution in [0.3, 0.4) is 0 Å². The van der Waals surface area contributed by atoms with Gasteiger partial charge < -0.3 is 19.7 Å². The van der Waals surface area contributed by atoms with E-state index >= 15 is 0 Å². The Morgan fingerprint density at radius 2 is 2.30 bits per heavy atom. The third-order valence-corrected chi connectivity index (χ3v) is 4.51. The highest BCUT2D eigenvalue weighted by Gasteiger charge is 2.40. The number of likely N-dealkylation sites (tertiary alicyclic amines) is 1. The van der Waals surface area contributed by atoms with E-state index < -0.39 is 0 Å². The Labute approximate surface area is 136 Å². The van der Waals surface area contributed by atoms with Crippen LogP contribution in [0.1, 0.15) is 18.5 Å². The van der Waals surface area contributed by atoms with E-state index in [1.807, 2.05) is 24.0 Å². The number of carbonyl (C=O) groups excluding carboxylic acids is 1. The average molecular weight is 320 g/mol. The molecule has 1 amide bonds. The lowest BCUT2D eigenvalue weighted by Crippen LogP contribution is -2.59. The second-order valence-corrected chi connectivity index (χ2v) is 6.28. The van der Waals surface area contributed by atoms with Gasteiger partial charge in [0.25, 0.3) is 0 Å². The fraction of sp³-hybridized carbons (Fsp3) is 0.688. The first-order chi connectivity index (χ1) is 11.2. The van der Waals surface area contributed by atoms with E-state index in [9.17, 15) is 4.79 Å². The Hall–Kier alpha value is -1.73. The summed E-state index contributed by atoms with van der Waals surface area (Å²) in [5, 5.41) is 11.7. The number of ether oxygens (including phenoxy) is 2. The fourth-order valence-corrected chi connectivity index (χ4v) is 3.42. The van der Waals surface area contributed by atoms with Crippen molar-refractivity contribution in [1.82, 2.24) is 15.1 Å². The molecule has 0 radical (unpaired) electrons. The maximum atomic E-state index is 12.2. The molecule has 3 rings (SSSR count). The van der Waals surface area contributed by atoms with Crippen LogP contribution in [0.2, 0.25) is 0 Å². The van der Waals surface area contributed by atoms with Gasteiger partial charge in [-0.3, -0.25) is 4.79 Å². The van der Waals surface area contributed by atoms with Crippen molar-refractivity contribution in [2.75, 3.05) is 38.7 Å². The molecule has 0 saturated carbocycles. The van der Waals surface area contributed by atoms with Crippen molar-refractivity contribution in [3.63, 3.8) is 0 Å². The third-order valence-electron chi connectivity index (χ3n) is 4.51. The van der Waals surface area contributed by atoms with Crippen LogP contribution in [-0.4, -0.2) is 66.6 Å². The molecule has 7 heteroatoms. The molecule has 126 valence electrons. The highest BCUT2D eigenvalue weighted by atomic mass is 16.5. The SMILES string of the molecule is COCC(=O)N1C[C@@H]2CCCO[C@@H]2[C@H](Nc2ccc(C)nn2)C1. The summed E-state index contributed by atoms with van der Waals surface area (Å²) in [5.74, 6) is 1.10. The molecule has 3 heterocycles. The molecule has 2 saturated heterocycles. The molecule has 0 spiro atoms. The van der Waals surface area contributed by atoms with Gasteiger partial charge in [0.05, 0.1) is 17.8 Å². The highest BCUT2D eigenvalue weighted by Crippen LogP contribution is 2.30. The van der Waals surface area contributed by atoms with Crippen molar-refractivity contribution in [1.29, 1.82) is 0 Å². The van der Waals surface area contributed by atoms with Crippen LogP contribution >= 0.6 is 0 Å². The van der Waals surface area contributed by atoms with Crippen LogP contribution in [0.5, 0.6) is 0 Å². The molecule has 0 aliphatic carbocycles. The van der Waals surface area contributed by atoms with E-state index in [-0.39, 0.29) is 24.7 Å². The number of methoxy groups -OCH3 is 1. The lowest BCUT2D eigenvalue weighted by atomic mass is 9.85. The van der Waals surface area contributed by atoms with E-state index in [1.165, 1.54) is 0 Å². The predicted octanol–water partition coefficient (Wildman–Crippen LogP) is 0.849. The molecular weight excluding hydrogens is 296 g/mol. The Morgan fingerprint density at radius 1 is 1.43 bits per heavy atom. The molecule has 23 heavy (non-hydrogen) atoms. The molecule has 0 unspecified atom stereocenters. The largest absolute Gasteiger partial charge is 0.376 e. The number of aryl methyl sites for hydroxylation is 1. The van der Waals surface area contributed by atoms with Gasteiger partial charge in [-0.15, -0.1) is 5.10 Å². The van der Waals surface area contributed by atoms with Crippen molar-refractivity contribution in [2.24, 2.45) is 5.92 Å². The van der Waals surface area contributed by atoms with Crippen molar-refractivity contribution in [2.45, 2.75) is 31.9 Å². The highest BCUT2D eigenvalue weighted by molar-refractivity contribution is 5.77. The number of rotatable bonds is 4. The standard InChI is InChI=1S/C16H24N4O3/c1-11-5-6-14(19-18-11)17-13-9-20(15(21)10-22-2)8-12-4-3-7-23-16(12)13/h5-6,12-13,16H,3-4,7-10H2,1-2H3,(H,17,19)/t12-,13+,16-/m0/s1. The number of aromatic nitrogens is 2. The van der Waals surface area contributed by atoms with E-state index in [4.69, 9.17) is 9.47 Å². The Morgan fingerprint density at radius 3 is 3.04 bits per heavy atom. The van der Waals surface area contributed by atoms with Gasteiger partial charge in [-0.25, -0.2) is 0 Å². The fourth-order valence-electron chi connectivity index (χ4n) is 3.42. The summed E-state index contributed by atoms with van der Waals surface area (Å²) in [6.07, 6.45) is 2.24.